The molecule has 0 saturated heterocycles. The van der Waals surface area contributed by atoms with E-state index >= 15 is 0 Å². The van der Waals surface area contributed by atoms with E-state index in [0.717, 1.165) is 0 Å². The molecule has 150 valence electrons. The first kappa shape index (κ1) is 19.8. The Labute approximate surface area is 162 Å². The van der Waals surface area contributed by atoms with E-state index in [1.807, 2.05) is 0 Å². The molecule has 11 heteroatoms. The normalized spacial score (nSPS) is 11.5. The Morgan fingerprint density at radius 2 is 1.93 bits per heavy atom. The van der Waals surface area contributed by atoms with Crippen LogP contribution in [0.25, 0.3) is 17.0 Å². The molecular weight excluding hydrogens is 386 g/mol. The summed E-state index contributed by atoms with van der Waals surface area (Å²) in [6.45, 7) is 1.85. The van der Waals surface area contributed by atoms with Crippen molar-refractivity contribution < 1.29 is 22.6 Å². The molecule has 10 nitrogen and oxygen atoms in total. The first-order valence-corrected chi connectivity index (χ1v) is 10.2. The molecule has 0 fully saturated rings. The largest absolute Gasteiger partial charge is 0.497 e. The van der Waals surface area contributed by atoms with E-state index in [4.69, 9.17) is 14.2 Å². The van der Waals surface area contributed by atoms with Crippen LogP contribution in [-0.2, 0) is 10.0 Å². The molecule has 1 aromatic carbocycles. The number of ether oxygens (including phenoxy) is 3. The molecule has 0 radical (unpaired) electrons. The summed E-state index contributed by atoms with van der Waals surface area (Å²) in [5.74, 6) is 2.03. The van der Waals surface area contributed by atoms with Gasteiger partial charge in [0, 0.05) is 12.6 Å². The third-order valence-corrected chi connectivity index (χ3v) is 5.34. The molecule has 1 N–H and O–H groups in total. The standard InChI is InChI=1S/C17H21N5O5S/c1-4-28(23,24)18-9-10-27-16-8-7-15-19-20-17(22(15)21-16)13-11-12(25-2)5-6-14(13)26-3/h5-8,11,18H,4,9-10H2,1-3H3. The van der Waals surface area contributed by atoms with Crippen molar-refractivity contribution in [1.82, 2.24) is 24.5 Å². The van der Waals surface area contributed by atoms with Gasteiger partial charge in [-0.3, -0.25) is 0 Å². The first-order valence-electron chi connectivity index (χ1n) is 8.52. The molecule has 3 rings (SSSR count). The summed E-state index contributed by atoms with van der Waals surface area (Å²) in [4.78, 5) is 0. The van der Waals surface area contributed by atoms with Gasteiger partial charge in [-0.25, -0.2) is 13.1 Å². The Balaban J connectivity index is 1.85. The minimum atomic E-state index is -3.26. The van der Waals surface area contributed by atoms with Crippen LogP contribution >= 0.6 is 0 Å². The van der Waals surface area contributed by atoms with E-state index in [2.05, 4.69) is 20.0 Å². The van der Waals surface area contributed by atoms with E-state index in [1.54, 1.807) is 51.5 Å². The van der Waals surface area contributed by atoms with E-state index in [-0.39, 0.29) is 18.9 Å². The van der Waals surface area contributed by atoms with Crippen molar-refractivity contribution >= 4 is 15.7 Å². The second kappa shape index (κ2) is 8.40. The van der Waals surface area contributed by atoms with Crippen LogP contribution in [0.15, 0.2) is 30.3 Å². The van der Waals surface area contributed by atoms with E-state index in [0.29, 0.717) is 34.4 Å². The predicted molar refractivity (Wildman–Crippen MR) is 102 cm³/mol. The van der Waals surface area contributed by atoms with E-state index < -0.39 is 10.0 Å². The topological polar surface area (TPSA) is 117 Å². The minimum absolute atomic E-state index is 0.0175. The van der Waals surface area contributed by atoms with E-state index in [9.17, 15) is 8.42 Å². The van der Waals surface area contributed by atoms with Crippen molar-refractivity contribution in [2.75, 3.05) is 33.1 Å². The number of sulfonamides is 1. The summed E-state index contributed by atoms with van der Waals surface area (Å²) < 4.78 is 43.1. The van der Waals surface area contributed by atoms with Gasteiger partial charge in [0.1, 0.15) is 18.1 Å². The Bertz CT molecular complexity index is 1070. The highest BCUT2D eigenvalue weighted by atomic mass is 32.2. The van der Waals surface area contributed by atoms with Gasteiger partial charge >= 0.3 is 0 Å². The van der Waals surface area contributed by atoms with Gasteiger partial charge < -0.3 is 14.2 Å². The molecule has 0 aliphatic carbocycles. The van der Waals surface area contributed by atoms with Crippen molar-refractivity contribution in [2.24, 2.45) is 0 Å². The number of nitrogens with one attached hydrogen (secondary N) is 1. The van der Waals surface area contributed by atoms with Crippen LogP contribution in [-0.4, -0.2) is 61.4 Å². The number of hydrogen-bond acceptors (Lipinski definition) is 8. The van der Waals surface area contributed by atoms with Crippen LogP contribution in [0.1, 0.15) is 6.92 Å². The highest BCUT2D eigenvalue weighted by Gasteiger charge is 2.16. The van der Waals surface area contributed by atoms with Gasteiger partial charge in [0.15, 0.2) is 11.5 Å². The van der Waals surface area contributed by atoms with Crippen molar-refractivity contribution in [3.63, 3.8) is 0 Å². The fourth-order valence-corrected chi connectivity index (χ4v) is 3.06. The predicted octanol–water partition coefficient (Wildman–Crippen LogP) is 1.13. The molecular formula is C17H21N5O5S. The number of aromatic nitrogens is 4. The van der Waals surface area contributed by atoms with Gasteiger partial charge in [-0.15, -0.1) is 15.3 Å². The summed E-state index contributed by atoms with van der Waals surface area (Å²) in [7, 11) is -0.121. The molecule has 0 saturated carbocycles. The van der Waals surface area contributed by atoms with E-state index in [1.165, 1.54) is 4.52 Å². The summed E-state index contributed by atoms with van der Waals surface area (Å²) in [5.41, 5.74) is 1.19. The smallest absolute Gasteiger partial charge is 0.231 e. The lowest BCUT2D eigenvalue weighted by Gasteiger charge is -2.10. The van der Waals surface area contributed by atoms with Gasteiger partial charge in [0.05, 0.1) is 25.5 Å². The third-order valence-electron chi connectivity index (χ3n) is 3.94. The van der Waals surface area contributed by atoms with Crippen LogP contribution in [0.5, 0.6) is 17.4 Å². The van der Waals surface area contributed by atoms with Gasteiger partial charge in [-0.1, -0.05) is 0 Å². The zero-order valence-corrected chi connectivity index (χ0v) is 16.6. The Morgan fingerprint density at radius 1 is 1.11 bits per heavy atom. The quantitative estimate of drug-likeness (QED) is 0.525. The monoisotopic (exact) mass is 407 g/mol. The molecule has 0 aliphatic rings. The second-order valence-electron chi connectivity index (χ2n) is 5.68. The fourth-order valence-electron chi connectivity index (χ4n) is 2.46. The maximum absolute atomic E-state index is 11.4. The molecule has 3 aromatic rings. The lowest BCUT2D eigenvalue weighted by atomic mass is 10.2. The van der Waals surface area contributed by atoms with Gasteiger partial charge in [-0.05, 0) is 31.2 Å². The van der Waals surface area contributed by atoms with Crippen molar-refractivity contribution in [3.05, 3.63) is 30.3 Å². The summed E-state index contributed by atoms with van der Waals surface area (Å²) in [6.07, 6.45) is 0. The highest BCUT2D eigenvalue weighted by Crippen LogP contribution is 2.32. The zero-order valence-electron chi connectivity index (χ0n) is 15.7. The zero-order chi connectivity index (χ0) is 20.1. The van der Waals surface area contributed by atoms with Crippen LogP contribution in [0.4, 0.5) is 0 Å². The van der Waals surface area contributed by atoms with Crippen LogP contribution in [0.2, 0.25) is 0 Å². The molecule has 2 aromatic heterocycles. The average molecular weight is 407 g/mol. The summed E-state index contributed by atoms with van der Waals surface area (Å²) in [6, 6.07) is 8.69. The molecule has 0 aliphatic heterocycles. The van der Waals surface area contributed by atoms with Crippen molar-refractivity contribution in [1.29, 1.82) is 0 Å². The maximum Gasteiger partial charge on any atom is 0.231 e. The average Bonchev–Trinajstić information content (AvgIpc) is 3.13. The van der Waals surface area contributed by atoms with Crippen LogP contribution in [0.3, 0.4) is 0 Å². The number of fused-ring (bicyclic) bond motifs is 1. The van der Waals surface area contributed by atoms with Gasteiger partial charge in [-0.2, -0.15) is 4.52 Å². The molecule has 2 heterocycles. The molecule has 0 unspecified atom stereocenters. The maximum atomic E-state index is 11.4. The Hall–Kier alpha value is -2.92. The van der Waals surface area contributed by atoms with Crippen LogP contribution < -0.4 is 18.9 Å². The summed E-state index contributed by atoms with van der Waals surface area (Å²) >= 11 is 0. The molecule has 28 heavy (non-hydrogen) atoms. The Kier molecular flexibility index (Phi) is 5.95. The second-order valence-corrected chi connectivity index (χ2v) is 7.77. The number of methoxy groups -OCH3 is 2. The Morgan fingerprint density at radius 3 is 2.64 bits per heavy atom. The van der Waals surface area contributed by atoms with Gasteiger partial charge in [0.25, 0.3) is 0 Å². The number of rotatable bonds is 9. The summed E-state index contributed by atoms with van der Waals surface area (Å²) in [5, 5.41) is 12.7. The SMILES string of the molecule is CCS(=O)(=O)NCCOc1ccc2nnc(-c3cc(OC)ccc3OC)n2n1. The number of hydrogen-bond donors (Lipinski definition) is 1. The highest BCUT2D eigenvalue weighted by molar-refractivity contribution is 7.89. The van der Waals surface area contributed by atoms with Crippen molar-refractivity contribution in [2.45, 2.75) is 6.92 Å². The molecule has 0 spiro atoms. The number of benzene rings is 1. The fraction of sp³-hybridized carbons (Fsp3) is 0.353. The third kappa shape index (κ3) is 4.31. The molecule has 0 amide bonds. The minimum Gasteiger partial charge on any atom is -0.497 e. The van der Waals surface area contributed by atoms with Crippen molar-refractivity contribution in [3.8, 4) is 28.8 Å². The van der Waals surface area contributed by atoms with Crippen LogP contribution in [0, 0.1) is 0 Å². The molecule has 0 bridgehead atoms. The lowest BCUT2D eigenvalue weighted by Crippen LogP contribution is -2.29. The number of nitrogens with zero attached hydrogens (tertiary/aromatic N) is 4. The molecule has 0 atom stereocenters. The van der Waals surface area contributed by atoms with Gasteiger partial charge in [0.2, 0.25) is 15.9 Å². The first-order chi connectivity index (χ1) is 13.5. The lowest BCUT2D eigenvalue weighted by molar-refractivity contribution is 0.306.